The predicted molar refractivity (Wildman–Crippen MR) is 75.1 cm³/mol. The van der Waals surface area contributed by atoms with E-state index in [1.807, 2.05) is 28.9 Å². The fourth-order valence-electron chi connectivity index (χ4n) is 2.44. The Balaban J connectivity index is 1.66. The van der Waals surface area contributed by atoms with Crippen molar-refractivity contribution in [3.8, 4) is 5.75 Å². The van der Waals surface area contributed by atoms with Crippen molar-refractivity contribution in [3.05, 3.63) is 35.7 Å². The van der Waals surface area contributed by atoms with Gasteiger partial charge in [0.1, 0.15) is 25.4 Å². The standard InChI is InChI=1S/C14H19N5O2/c1-20-13-4-2-12(3-5-13)10-19-14(15-16-17-19)11-18-6-8-21-9-7-18/h2-5H,6-11H2,1H3/p+1. The quantitative estimate of drug-likeness (QED) is 0.776. The van der Waals surface area contributed by atoms with E-state index in [1.54, 1.807) is 7.11 Å². The molecule has 2 aromatic rings. The summed E-state index contributed by atoms with van der Waals surface area (Å²) in [7, 11) is 1.67. The van der Waals surface area contributed by atoms with Gasteiger partial charge in [-0.25, -0.2) is 4.68 Å². The SMILES string of the molecule is COc1ccc(Cn2nnnc2C[NH+]2CCOCC2)cc1. The van der Waals surface area contributed by atoms with Gasteiger partial charge in [0.25, 0.3) is 0 Å². The summed E-state index contributed by atoms with van der Waals surface area (Å²) in [5.41, 5.74) is 1.15. The molecule has 7 nitrogen and oxygen atoms in total. The lowest BCUT2D eigenvalue weighted by molar-refractivity contribution is -0.922. The molecule has 0 unspecified atom stereocenters. The summed E-state index contributed by atoms with van der Waals surface area (Å²) in [6.45, 7) is 5.16. The second-order valence-electron chi connectivity index (χ2n) is 5.14. The van der Waals surface area contributed by atoms with Crippen LogP contribution in [0.4, 0.5) is 0 Å². The Morgan fingerprint density at radius 1 is 1.24 bits per heavy atom. The van der Waals surface area contributed by atoms with E-state index in [4.69, 9.17) is 9.47 Å². The number of nitrogens with zero attached hydrogens (tertiary/aromatic N) is 4. The number of hydrogen-bond acceptors (Lipinski definition) is 5. The normalized spacial score (nSPS) is 16.0. The van der Waals surface area contributed by atoms with Crippen molar-refractivity contribution >= 4 is 0 Å². The summed E-state index contributed by atoms with van der Waals surface area (Å²) in [6.07, 6.45) is 0. The van der Waals surface area contributed by atoms with Crippen LogP contribution in [0.3, 0.4) is 0 Å². The van der Waals surface area contributed by atoms with Crippen LogP contribution in [0.5, 0.6) is 5.75 Å². The van der Waals surface area contributed by atoms with Crippen LogP contribution in [0.2, 0.25) is 0 Å². The average Bonchev–Trinajstić information content (AvgIpc) is 2.96. The molecule has 21 heavy (non-hydrogen) atoms. The molecule has 1 aliphatic heterocycles. The van der Waals surface area contributed by atoms with Gasteiger partial charge in [-0.15, -0.1) is 5.10 Å². The minimum Gasteiger partial charge on any atom is -0.497 e. The number of hydrogen-bond donors (Lipinski definition) is 1. The Morgan fingerprint density at radius 2 is 2.00 bits per heavy atom. The van der Waals surface area contributed by atoms with Crippen LogP contribution in [0.25, 0.3) is 0 Å². The number of ether oxygens (including phenoxy) is 2. The van der Waals surface area contributed by atoms with Gasteiger partial charge in [-0.1, -0.05) is 12.1 Å². The number of tetrazole rings is 1. The van der Waals surface area contributed by atoms with E-state index in [0.717, 1.165) is 50.0 Å². The van der Waals surface area contributed by atoms with Crippen molar-refractivity contribution in [2.24, 2.45) is 0 Å². The van der Waals surface area contributed by atoms with E-state index < -0.39 is 0 Å². The molecule has 1 aliphatic rings. The van der Waals surface area contributed by atoms with Gasteiger partial charge in [0.15, 0.2) is 0 Å². The first kappa shape index (κ1) is 14.0. The lowest BCUT2D eigenvalue weighted by atomic mass is 10.2. The Hall–Kier alpha value is -1.99. The monoisotopic (exact) mass is 290 g/mol. The zero-order valence-electron chi connectivity index (χ0n) is 12.2. The maximum Gasteiger partial charge on any atom is 0.206 e. The smallest absolute Gasteiger partial charge is 0.206 e. The van der Waals surface area contributed by atoms with E-state index >= 15 is 0 Å². The highest BCUT2D eigenvalue weighted by molar-refractivity contribution is 5.27. The van der Waals surface area contributed by atoms with Gasteiger partial charge in [0, 0.05) is 0 Å². The van der Waals surface area contributed by atoms with Crippen LogP contribution in [-0.2, 0) is 17.8 Å². The molecule has 0 radical (unpaired) electrons. The molecule has 2 heterocycles. The highest BCUT2D eigenvalue weighted by Crippen LogP contribution is 2.12. The van der Waals surface area contributed by atoms with Crippen molar-refractivity contribution in [2.45, 2.75) is 13.1 Å². The summed E-state index contributed by atoms with van der Waals surface area (Å²) in [5, 5.41) is 12.1. The molecule has 112 valence electrons. The first-order valence-electron chi connectivity index (χ1n) is 7.14. The Morgan fingerprint density at radius 3 is 2.71 bits per heavy atom. The molecule has 1 aromatic heterocycles. The molecule has 7 heteroatoms. The van der Waals surface area contributed by atoms with Crippen molar-refractivity contribution in [3.63, 3.8) is 0 Å². The van der Waals surface area contributed by atoms with Crippen LogP contribution >= 0.6 is 0 Å². The van der Waals surface area contributed by atoms with Crippen molar-refractivity contribution in [1.29, 1.82) is 0 Å². The summed E-state index contributed by atoms with van der Waals surface area (Å²) in [4.78, 5) is 1.46. The fraction of sp³-hybridized carbons (Fsp3) is 0.500. The number of benzene rings is 1. The van der Waals surface area contributed by atoms with Gasteiger partial charge in [-0.3, -0.25) is 0 Å². The highest BCUT2D eigenvalue weighted by atomic mass is 16.5. The van der Waals surface area contributed by atoms with Gasteiger partial charge in [0.2, 0.25) is 5.82 Å². The first-order valence-corrected chi connectivity index (χ1v) is 7.14. The largest absolute Gasteiger partial charge is 0.497 e. The highest BCUT2D eigenvalue weighted by Gasteiger charge is 2.18. The topological polar surface area (TPSA) is 66.5 Å². The number of aromatic nitrogens is 4. The zero-order valence-corrected chi connectivity index (χ0v) is 12.2. The van der Waals surface area contributed by atoms with E-state index in [-0.39, 0.29) is 0 Å². The molecular weight excluding hydrogens is 270 g/mol. The third-order valence-electron chi connectivity index (χ3n) is 3.71. The van der Waals surface area contributed by atoms with Crippen molar-refractivity contribution in [2.75, 3.05) is 33.4 Å². The number of morpholine rings is 1. The second kappa shape index (κ2) is 6.64. The number of nitrogens with one attached hydrogen (secondary N) is 1. The fourth-order valence-corrected chi connectivity index (χ4v) is 2.44. The molecule has 1 saturated heterocycles. The molecule has 0 spiro atoms. The van der Waals surface area contributed by atoms with Crippen molar-refractivity contribution in [1.82, 2.24) is 20.2 Å². The van der Waals surface area contributed by atoms with E-state index in [0.29, 0.717) is 6.54 Å². The third kappa shape index (κ3) is 3.56. The Bertz CT molecular complexity index is 563. The maximum atomic E-state index is 5.38. The minimum absolute atomic E-state index is 0.677. The zero-order chi connectivity index (χ0) is 14.5. The number of methoxy groups -OCH3 is 1. The van der Waals surface area contributed by atoms with Crippen LogP contribution in [0.15, 0.2) is 24.3 Å². The molecule has 0 aliphatic carbocycles. The van der Waals surface area contributed by atoms with Crippen LogP contribution in [-0.4, -0.2) is 53.6 Å². The van der Waals surface area contributed by atoms with Crippen molar-refractivity contribution < 1.29 is 14.4 Å². The number of quaternary nitrogens is 1. The molecule has 3 rings (SSSR count). The molecule has 1 aromatic carbocycles. The number of rotatable bonds is 5. The predicted octanol–water partition coefficient (Wildman–Crippen LogP) is -0.855. The Labute approximate surface area is 123 Å². The van der Waals surface area contributed by atoms with E-state index in [9.17, 15) is 0 Å². The molecule has 0 saturated carbocycles. The Kier molecular flexibility index (Phi) is 4.42. The summed E-state index contributed by atoms with van der Waals surface area (Å²) >= 11 is 0. The van der Waals surface area contributed by atoms with E-state index in [2.05, 4.69) is 15.5 Å². The van der Waals surface area contributed by atoms with Gasteiger partial charge < -0.3 is 14.4 Å². The summed E-state index contributed by atoms with van der Waals surface area (Å²) in [6, 6.07) is 7.97. The van der Waals surface area contributed by atoms with Gasteiger partial charge >= 0.3 is 0 Å². The maximum absolute atomic E-state index is 5.38. The molecule has 0 amide bonds. The van der Waals surface area contributed by atoms with Gasteiger partial charge in [-0.2, -0.15) is 0 Å². The minimum atomic E-state index is 0.677. The summed E-state index contributed by atoms with van der Waals surface area (Å²) < 4.78 is 12.4. The molecule has 0 bridgehead atoms. The van der Waals surface area contributed by atoms with E-state index in [1.165, 1.54) is 4.90 Å². The average molecular weight is 290 g/mol. The molecule has 1 N–H and O–H groups in total. The summed E-state index contributed by atoms with van der Waals surface area (Å²) in [5.74, 6) is 1.77. The van der Waals surface area contributed by atoms with Crippen LogP contribution in [0.1, 0.15) is 11.4 Å². The molecular formula is C14H20N5O2+. The van der Waals surface area contributed by atoms with Gasteiger partial charge in [-0.05, 0) is 28.1 Å². The van der Waals surface area contributed by atoms with Gasteiger partial charge in [0.05, 0.1) is 26.9 Å². The lowest BCUT2D eigenvalue weighted by Gasteiger charge is -2.23. The lowest BCUT2D eigenvalue weighted by Crippen LogP contribution is -3.12. The van der Waals surface area contributed by atoms with Crippen LogP contribution < -0.4 is 9.64 Å². The second-order valence-corrected chi connectivity index (χ2v) is 5.14. The third-order valence-corrected chi connectivity index (χ3v) is 3.71. The first-order chi connectivity index (χ1) is 10.3. The van der Waals surface area contributed by atoms with Crippen LogP contribution in [0, 0.1) is 0 Å². The molecule has 0 atom stereocenters. The molecule has 1 fully saturated rings.